The minimum atomic E-state index is -1.14. The highest BCUT2D eigenvalue weighted by atomic mass is 16.5. The van der Waals surface area contributed by atoms with Crippen molar-refractivity contribution in [1.82, 2.24) is 9.78 Å². The van der Waals surface area contributed by atoms with Gasteiger partial charge in [0, 0.05) is 6.20 Å². The van der Waals surface area contributed by atoms with Gasteiger partial charge in [-0.3, -0.25) is 4.79 Å². The summed E-state index contributed by atoms with van der Waals surface area (Å²) in [5, 5.41) is 13.1. The molecule has 28 heavy (non-hydrogen) atoms. The van der Waals surface area contributed by atoms with Gasteiger partial charge >= 0.3 is 5.97 Å². The predicted molar refractivity (Wildman–Crippen MR) is 107 cm³/mol. The lowest BCUT2D eigenvalue weighted by molar-refractivity contribution is -0.139. The Morgan fingerprint density at radius 1 is 1.14 bits per heavy atom. The molecule has 0 amide bonds. The maximum atomic E-state index is 13.0. The number of rotatable bonds is 7. The normalized spacial score (nSPS) is 10.6. The summed E-state index contributed by atoms with van der Waals surface area (Å²) in [7, 11) is 11.6. The maximum Gasteiger partial charge on any atom is 0.341 e. The highest BCUT2D eigenvalue weighted by molar-refractivity contribution is 6.33. The number of carboxylic acids is 1. The van der Waals surface area contributed by atoms with Crippen molar-refractivity contribution in [3.8, 4) is 11.4 Å². The number of benzene rings is 2. The molecule has 0 bridgehead atoms. The van der Waals surface area contributed by atoms with Crippen LogP contribution in [0.2, 0.25) is 0 Å². The average Bonchev–Trinajstić information content (AvgIpc) is 3.16. The van der Waals surface area contributed by atoms with Crippen molar-refractivity contribution in [2.75, 3.05) is 6.61 Å². The van der Waals surface area contributed by atoms with E-state index in [-0.39, 0.29) is 17.1 Å². The van der Waals surface area contributed by atoms with E-state index in [0.29, 0.717) is 16.5 Å². The Balaban J connectivity index is 1.95. The van der Waals surface area contributed by atoms with Gasteiger partial charge in [-0.2, -0.15) is 5.10 Å². The second-order valence-corrected chi connectivity index (χ2v) is 6.18. The summed E-state index contributed by atoms with van der Waals surface area (Å²) >= 11 is 0. The third-order valence-electron chi connectivity index (χ3n) is 4.18. The molecule has 8 heteroatoms. The lowest BCUT2D eigenvalue weighted by Gasteiger charge is -2.10. The van der Waals surface area contributed by atoms with Gasteiger partial charge in [-0.05, 0) is 24.1 Å². The molecule has 2 aromatic carbocycles. The molecule has 0 spiro atoms. The summed E-state index contributed by atoms with van der Waals surface area (Å²) in [6, 6.07) is 9.96. The lowest BCUT2D eigenvalue weighted by Crippen LogP contribution is -2.15. The molecule has 0 aliphatic rings. The van der Waals surface area contributed by atoms with Gasteiger partial charge in [0.25, 0.3) is 0 Å². The largest absolute Gasteiger partial charge is 0.481 e. The van der Waals surface area contributed by atoms with Gasteiger partial charge in [-0.1, -0.05) is 42.1 Å². The first-order valence-electron chi connectivity index (χ1n) is 8.61. The molecule has 0 saturated carbocycles. The van der Waals surface area contributed by atoms with Crippen LogP contribution in [-0.4, -0.2) is 48.9 Å². The van der Waals surface area contributed by atoms with Crippen molar-refractivity contribution >= 4 is 38.4 Å². The Kier molecular flexibility index (Phi) is 5.68. The van der Waals surface area contributed by atoms with E-state index in [4.69, 9.17) is 25.5 Å². The van der Waals surface area contributed by atoms with Crippen molar-refractivity contribution in [2.45, 2.75) is 13.3 Å². The third kappa shape index (κ3) is 4.17. The fraction of sp³-hybridized carbons (Fsp3) is 0.150. The number of ether oxygens (including phenoxy) is 1. The fourth-order valence-corrected chi connectivity index (χ4v) is 2.83. The zero-order valence-electron chi connectivity index (χ0n) is 15.3. The molecule has 136 valence electrons. The van der Waals surface area contributed by atoms with E-state index < -0.39 is 12.6 Å². The number of aromatic nitrogens is 2. The molecule has 4 radical (unpaired) electrons. The van der Waals surface area contributed by atoms with Crippen molar-refractivity contribution in [3.05, 3.63) is 65.5 Å². The molecule has 0 saturated heterocycles. The molecule has 0 aliphatic carbocycles. The number of carboxylic acid groups (broad SMARTS) is 1. The molecule has 0 aliphatic heterocycles. The number of carbonyl (C=O) groups is 2. The first-order chi connectivity index (χ1) is 13.4. The average molecular weight is 370 g/mol. The van der Waals surface area contributed by atoms with Gasteiger partial charge in [-0.25, -0.2) is 9.48 Å². The summed E-state index contributed by atoms with van der Waals surface area (Å²) in [5.41, 5.74) is 3.34. The smallest absolute Gasteiger partial charge is 0.341 e. The van der Waals surface area contributed by atoms with Crippen LogP contribution in [-0.2, 0) is 11.2 Å². The van der Waals surface area contributed by atoms with E-state index in [2.05, 4.69) is 5.10 Å². The SMILES string of the molecule is [B]c1ccc(-n2cc(C(=O)c3cc([B])ccc3OCC(=O)O)cn2)c(CC)c1. The summed E-state index contributed by atoms with van der Waals surface area (Å²) in [5.74, 6) is -1.36. The second-order valence-electron chi connectivity index (χ2n) is 6.18. The van der Waals surface area contributed by atoms with Crippen LogP contribution in [0.3, 0.4) is 0 Å². The molecule has 1 N–H and O–H groups in total. The maximum absolute atomic E-state index is 13.0. The Labute approximate surface area is 165 Å². The van der Waals surface area contributed by atoms with Crippen LogP contribution >= 0.6 is 0 Å². The van der Waals surface area contributed by atoms with Gasteiger partial charge in [0.1, 0.15) is 21.4 Å². The predicted octanol–water partition coefficient (Wildman–Crippen LogP) is 0.717. The van der Waals surface area contributed by atoms with E-state index in [1.807, 2.05) is 19.1 Å². The summed E-state index contributed by atoms with van der Waals surface area (Å²) in [6.45, 7) is 1.45. The van der Waals surface area contributed by atoms with Gasteiger partial charge in [0.05, 0.1) is 23.0 Å². The second kappa shape index (κ2) is 8.17. The first kappa shape index (κ1) is 19.5. The molecule has 0 fully saturated rings. The summed E-state index contributed by atoms with van der Waals surface area (Å²) in [4.78, 5) is 23.7. The van der Waals surface area contributed by atoms with Crippen LogP contribution in [0.25, 0.3) is 5.69 Å². The molecular formula is C20H16B2N2O4. The van der Waals surface area contributed by atoms with E-state index >= 15 is 0 Å². The van der Waals surface area contributed by atoms with Gasteiger partial charge < -0.3 is 9.84 Å². The summed E-state index contributed by atoms with van der Waals surface area (Å²) < 4.78 is 6.83. The van der Waals surface area contributed by atoms with Crippen LogP contribution in [0.5, 0.6) is 5.75 Å². The van der Waals surface area contributed by atoms with Crippen molar-refractivity contribution in [1.29, 1.82) is 0 Å². The number of aryl methyl sites for hydroxylation is 1. The Morgan fingerprint density at radius 3 is 2.57 bits per heavy atom. The third-order valence-corrected chi connectivity index (χ3v) is 4.18. The number of nitrogens with zero attached hydrogens (tertiary/aromatic N) is 2. The van der Waals surface area contributed by atoms with Gasteiger partial charge in [0.2, 0.25) is 0 Å². The zero-order valence-corrected chi connectivity index (χ0v) is 15.3. The van der Waals surface area contributed by atoms with E-state index in [1.54, 1.807) is 23.0 Å². The monoisotopic (exact) mass is 370 g/mol. The van der Waals surface area contributed by atoms with Crippen molar-refractivity contribution in [3.63, 3.8) is 0 Å². The Bertz CT molecular complexity index is 1050. The van der Waals surface area contributed by atoms with Crippen LogP contribution in [0.15, 0.2) is 48.8 Å². The molecule has 3 aromatic rings. The number of hydrogen-bond donors (Lipinski definition) is 1. The summed E-state index contributed by atoms with van der Waals surface area (Å²) in [6.07, 6.45) is 3.81. The van der Waals surface area contributed by atoms with Gasteiger partial charge in [0.15, 0.2) is 12.4 Å². The van der Waals surface area contributed by atoms with Crippen molar-refractivity contribution < 1.29 is 19.4 Å². The molecule has 1 heterocycles. The van der Waals surface area contributed by atoms with Crippen LogP contribution in [0.4, 0.5) is 0 Å². The van der Waals surface area contributed by atoms with Crippen LogP contribution < -0.4 is 15.7 Å². The first-order valence-corrected chi connectivity index (χ1v) is 8.61. The number of carbonyl (C=O) groups excluding carboxylic acids is 1. The zero-order chi connectivity index (χ0) is 20.3. The minimum absolute atomic E-state index is 0.149. The highest BCUT2D eigenvalue weighted by Gasteiger charge is 2.18. The minimum Gasteiger partial charge on any atom is -0.481 e. The van der Waals surface area contributed by atoms with E-state index in [0.717, 1.165) is 17.7 Å². The number of aliphatic carboxylic acids is 1. The lowest BCUT2D eigenvalue weighted by atomic mass is 9.92. The van der Waals surface area contributed by atoms with E-state index in [1.165, 1.54) is 18.3 Å². The molecular weight excluding hydrogens is 354 g/mol. The molecule has 0 atom stereocenters. The standard InChI is InChI=1S/C20H16B2N2O4/c1-2-12-7-14(21)3-5-17(12)24-10-13(9-23-24)20(27)16-8-15(22)4-6-18(16)28-11-19(25)26/h3-10H,2,11H2,1H3,(H,25,26). The van der Waals surface area contributed by atoms with Gasteiger partial charge in [-0.15, -0.1) is 0 Å². The topological polar surface area (TPSA) is 81.4 Å². The highest BCUT2D eigenvalue weighted by Crippen LogP contribution is 2.22. The number of ketones is 1. The quantitative estimate of drug-likeness (QED) is 0.490. The van der Waals surface area contributed by atoms with Crippen LogP contribution in [0, 0.1) is 0 Å². The number of hydrogen-bond acceptors (Lipinski definition) is 4. The molecule has 3 rings (SSSR count). The molecule has 0 unspecified atom stereocenters. The van der Waals surface area contributed by atoms with Crippen LogP contribution in [0.1, 0.15) is 28.4 Å². The fourth-order valence-electron chi connectivity index (χ4n) is 2.83. The Morgan fingerprint density at radius 2 is 1.86 bits per heavy atom. The van der Waals surface area contributed by atoms with E-state index in [9.17, 15) is 9.59 Å². The molecule has 6 nitrogen and oxygen atoms in total. The van der Waals surface area contributed by atoms with Crippen molar-refractivity contribution in [2.24, 2.45) is 0 Å². The Hall–Kier alpha value is -3.28. The molecule has 1 aromatic heterocycles.